The molecule has 0 spiro atoms. The number of rotatable bonds is 4. The van der Waals surface area contributed by atoms with E-state index >= 15 is 0 Å². The highest BCUT2D eigenvalue weighted by Crippen LogP contribution is 2.55. The Bertz CT molecular complexity index is 3750. The molecule has 0 saturated carbocycles. The quantitative estimate of drug-likeness (QED) is 0.158. The fraction of sp³-hybridized carbons (Fsp3) is 0. The van der Waals surface area contributed by atoms with Crippen molar-refractivity contribution >= 4 is 86.2 Å². The molecular formula is C58H34. The van der Waals surface area contributed by atoms with Crippen LogP contribution < -0.4 is 0 Å². The van der Waals surface area contributed by atoms with Crippen LogP contribution in [0.15, 0.2) is 206 Å². The second-order valence-electron chi connectivity index (χ2n) is 15.9. The third kappa shape index (κ3) is 4.29. The monoisotopic (exact) mass is 730 g/mol. The molecule has 0 fully saturated rings. The van der Waals surface area contributed by atoms with Crippen molar-refractivity contribution in [3.05, 3.63) is 206 Å². The van der Waals surface area contributed by atoms with Crippen LogP contribution in [0.25, 0.3) is 131 Å². The van der Waals surface area contributed by atoms with Crippen LogP contribution in [-0.4, -0.2) is 0 Å². The van der Waals surface area contributed by atoms with Gasteiger partial charge in [-0.1, -0.05) is 188 Å². The molecule has 13 aromatic rings. The van der Waals surface area contributed by atoms with E-state index in [9.17, 15) is 0 Å². The van der Waals surface area contributed by atoms with E-state index in [0.717, 1.165) is 0 Å². The minimum atomic E-state index is 1.23. The van der Waals surface area contributed by atoms with Gasteiger partial charge in [0.2, 0.25) is 0 Å². The minimum Gasteiger partial charge on any atom is -0.0622 e. The molecule has 58 heavy (non-hydrogen) atoms. The van der Waals surface area contributed by atoms with Crippen molar-refractivity contribution in [1.29, 1.82) is 0 Å². The summed E-state index contributed by atoms with van der Waals surface area (Å²) < 4.78 is 0. The van der Waals surface area contributed by atoms with Crippen molar-refractivity contribution in [3.63, 3.8) is 0 Å². The molecular weight excluding hydrogens is 697 g/mol. The number of benzene rings is 11. The molecule has 0 aliphatic heterocycles. The van der Waals surface area contributed by atoms with Gasteiger partial charge in [0.05, 0.1) is 0 Å². The van der Waals surface area contributed by atoms with Crippen LogP contribution in [0.3, 0.4) is 0 Å². The maximum absolute atomic E-state index is 2.55. The summed E-state index contributed by atoms with van der Waals surface area (Å²) in [5.41, 5.74) is 10.1. The van der Waals surface area contributed by atoms with Crippen molar-refractivity contribution in [1.82, 2.24) is 0 Å². The average molecular weight is 731 g/mol. The molecule has 0 aromatic heterocycles. The van der Waals surface area contributed by atoms with Crippen LogP contribution in [0.4, 0.5) is 0 Å². The Morgan fingerprint density at radius 2 is 0.707 bits per heavy atom. The Morgan fingerprint density at radius 1 is 0.190 bits per heavy atom. The van der Waals surface area contributed by atoms with E-state index in [1.54, 1.807) is 0 Å². The molecule has 13 aromatic carbocycles. The lowest BCUT2D eigenvalue weighted by Gasteiger charge is -2.19. The summed E-state index contributed by atoms with van der Waals surface area (Å²) in [6.45, 7) is 0. The summed E-state index contributed by atoms with van der Waals surface area (Å²) in [4.78, 5) is 0. The van der Waals surface area contributed by atoms with Crippen LogP contribution in [0.5, 0.6) is 0 Å². The summed E-state index contributed by atoms with van der Waals surface area (Å²) in [6.07, 6.45) is 0. The van der Waals surface area contributed by atoms with E-state index in [0.29, 0.717) is 0 Å². The van der Waals surface area contributed by atoms with E-state index in [4.69, 9.17) is 0 Å². The molecule has 0 atom stereocenters. The highest BCUT2D eigenvalue weighted by Gasteiger charge is 2.27. The van der Waals surface area contributed by atoms with Crippen LogP contribution in [0.1, 0.15) is 0 Å². The van der Waals surface area contributed by atoms with Crippen molar-refractivity contribution in [3.8, 4) is 44.5 Å². The Labute approximate surface area is 335 Å². The topological polar surface area (TPSA) is 0 Å². The van der Waals surface area contributed by atoms with E-state index in [1.165, 1.54) is 131 Å². The molecule has 0 radical (unpaired) electrons. The first-order valence-electron chi connectivity index (χ1n) is 20.3. The molecule has 0 heterocycles. The second-order valence-corrected chi connectivity index (χ2v) is 15.9. The molecule has 0 amide bonds. The maximum Gasteiger partial charge on any atom is -0.000697 e. The molecule has 0 unspecified atom stereocenters. The summed E-state index contributed by atoms with van der Waals surface area (Å²) in [5, 5.41) is 21.0. The van der Waals surface area contributed by atoms with Gasteiger partial charge in [-0.15, -0.1) is 0 Å². The highest BCUT2D eigenvalue weighted by atomic mass is 14.3. The van der Waals surface area contributed by atoms with E-state index in [1.807, 2.05) is 0 Å². The molecule has 0 aliphatic rings. The largest absolute Gasteiger partial charge is 0.0622 e. The van der Waals surface area contributed by atoms with Gasteiger partial charge in [0, 0.05) is 0 Å². The minimum absolute atomic E-state index is 1.23. The summed E-state index contributed by atoms with van der Waals surface area (Å²) >= 11 is 0. The summed E-state index contributed by atoms with van der Waals surface area (Å²) in [5.74, 6) is 0. The first kappa shape index (κ1) is 31.6. The Balaban J connectivity index is 1.26. The molecule has 13 rings (SSSR count). The Kier molecular flexibility index (Phi) is 6.54. The number of hydrogen-bond acceptors (Lipinski definition) is 0. The van der Waals surface area contributed by atoms with Gasteiger partial charge in [-0.3, -0.25) is 0 Å². The lowest BCUT2D eigenvalue weighted by Crippen LogP contribution is -1.91. The zero-order chi connectivity index (χ0) is 37.9. The standard InChI is InChI=1S/C58H34/c1-4-16-35(17-5-1)40-23-12-13-24-41(40)39-30-31-43-45-27-15-28-46-54(45)49(48(43)32-39)34-51-52(36-18-6-2-7-19-36)57-47-29-14-26-44-42-25-11-10-22-38(42)33-50(55(44)47)58(57)53(56(46)51)37-20-8-3-9-21-37/h1-34H. The first-order chi connectivity index (χ1) is 28.8. The van der Waals surface area contributed by atoms with Crippen molar-refractivity contribution in [2.45, 2.75) is 0 Å². The van der Waals surface area contributed by atoms with Crippen LogP contribution in [0.2, 0.25) is 0 Å². The third-order valence-electron chi connectivity index (χ3n) is 12.9. The Hall–Kier alpha value is -7.54. The average Bonchev–Trinajstić information content (AvgIpc) is 3.79. The molecule has 0 bridgehead atoms. The third-order valence-corrected chi connectivity index (χ3v) is 12.9. The van der Waals surface area contributed by atoms with E-state index in [2.05, 4.69) is 206 Å². The maximum atomic E-state index is 2.55. The van der Waals surface area contributed by atoms with Crippen molar-refractivity contribution in [2.75, 3.05) is 0 Å². The van der Waals surface area contributed by atoms with Gasteiger partial charge in [-0.05, 0) is 149 Å². The van der Waals surface area contributed by atoms with Gasteiger partial charge in [0.15, 0.2) is 0 Å². The first-order valence-corrected chi connectivity index (χ1v) is 20.3. The van der Waals surface area contributed by atoms with E-state index < -0.39 is 0 Å². The van der Waals surface area contributed by atoms with Gasteiger partial charge in [0.1, 0.15) is 0 Å². The SMILES string of the molecule is c1ccc(-c2ccccc2-c2ccc3c(c2)c2cc4c(-c5ccccc5)c5c6cccc7c8ccccc8cc(c5c(-c5ccccc5)c4c4cccc3c24)c76)cc1. The summed E-state index contributed by atoms with van der Waals surface area (Å²) in [6, 6.07) is 76.9. The number of fused-ring (bicyclic) bond motifs is 10. The zero-order valence-electron chi connectivity index (χ0n) is 31.6. The van der Waals surface area contributed by atoms with Crippen LogP contribution in [-0.2, 0) is 0 Å². The smallest absolute Gasteiger partial charge is 0.000697 e. The van der Waals surface area contributed by atoms with Gasteiger partial charge in [-0.2, -0.15) is 0 Å². The van der Waals surface area contributed by atoms with E-state index in [-0.39, 0.29) is 0 Å². The molecule has 0 saturated heterocycles. The lowest BCUT2D eigenvalue weighted by atomic mass is 9.83. The molecule has 0 N–H and O–H groups in total. The van der Waals surface area contributed by atoms with Crippen LogP contribution in [0, 0.1) is 0 Å². The summed E-state index contributed by atoms with van der Waals surface area (Å²) in [7, 11) is 0. The van der Waals surface area contributed by atoms with Gasteiger partial charge in [0.25, 0.3) is 0 Å². The molecule has 0 aliphatic carbocycles. The van der Waals surface area contributed by atoms with Crippen molar-refractivity contribution < 1.29 is 0 Å². The van der Waals surface area contributed by atoms with Gasteiger partial charge < -0.3 is 0 Å². The molecule has 0 nitrogen and oxygen atoms in total. The van der Waals surface area contributed by atoms with Crippen LogP contribution >= 0.6 is 0 Å². The Morgan fingerprint density at radius 3 is 1.43 bits per heavy atom. The van der Waals surface area contributed by atoms with Crippen molar-refractivity contribution in [2.24, 2.45) is 0 Å². The fourth-order valence-corrected chi connectivity index (χ4v) is 10.6. The molecule has 266 valence electrons. The highest BCUT2D eigenvalue weighted by molar-refractivity contribution is 6.46. The predicted octanol–water partition coefficient (Wildman–Crippen LogP) is 16.5. The predicted molar refractivity (Wildman–Crippen MR) is 251 cm³/mol. The normalized spacial score (nSPS) is 12.1. The van der Waals surface area contributed by atoms with Gasteiger partial charge in [-0.25, -0.2) is 0 Å². The van der Waals surface area contributed by atoms with Gasteiger partial charge >= 0.3 is 0 Å². The fourth-order valence-electron chi connectivity index (χ4n) is 10.6. The zero-order valence-corrected chi connectivity index (χ0v) is 31.6. The lowest BCUT2D eigenvalue weighted by molar-refractivity contribution is 1.60. The number of hydrogen-bond donors (Lipinski definition) is 0. The second kappa shape index (κ2) is 12.0. The molecule has 0 heteroatoms.